The largest absolute Gasteiger partial charge is 0.481 e. The van der Waals surface area contributed by atoms with E-state index in [1.54, 1.807) is 31.2 Å². The molecule has 3 N–H and O–H groups in total. The number of carbonyl (C=O) groups is 2. The van der Waals surface area contributed by atoms with Gasteiger partial charge in [0.25, 0.3) is 5.91 Å². The molecule has 0 aromatic heterocycles. The summed E-state index contributed by atoms with van der Waals surface area (Å²) < 4.78 is 5.63. The van der Waals surface area contributed by atoms with Gasteiger partial charge in [0.1, 0.15) is 5.75 Å². The summed E-state index contributed by atoms with van der Waals surface area (Å²) in [5.41, 5.74) is 5.85. The summed E-state index contributed by atoms with van der Waals surface area (Å²) >= 11 is 0. The van der Waals surface area contributed by atoms with Crippen LogP contribution in [0.1, 0.15) is 45.0 Å². The molecule has 0 saturated heterocycles. The number of rotatable bonds is 7. The number of ether oxygens (including phenoxy) is 1. The van der Waals surface area contributed by atoms with Gasteiger partial charge in [0.15, 0.2) is 11.9 Å². The minimum absolute atomic E-state index is 0.0435. The molecule has 5 nitrogen and oxygen atoms in total. The van der Waals surface area contributed by atoms with Crippen LogP contribution >= 0.6 is 0 Å². The zero-order valence-corrected chi connectivity index (χ0v) is 14.0. The first-order chi connectivity index (χ1) is 10.2. The SMILES string of the molecule is CC(=O)c1cccc(OC(C)C(=O)NC(C)(CN)C(C)C)c1. The predicted molar refractivity (Wildman–Crippen MR) is 87.0 cm³/mol. The minimum atomic E-state index is -0.674. The average Bonchev–Trinajstić information content (AvgIpc) is 2.46. The Labute approximate surface area is 132 Å². The fourth-order valence-electron chi connectivity index (χ4n) is 1.86. The van der Waals surface area contributed by atoms with Crippen molar-refractivity contribution in [2.45, 2.75) is 46.3 Å². The maximum Gasteiger partial charge on any atom is 0.261 e. The van der Waals surface area contributed by atoms with E-state index in [0.29, 0.717) is 17.9 Å². The Bertz CT molecular complexity index is 542. The molecule has 0 aliphatic rings. The van der Waals surface area contributed by atoms with E-state index < -0.39 is 11.6 Å². The van der Waals surface area contributed by atoms with E-state index in [1.807, 2.05) is 20.8 Å². The van der Waals surface area contributed by atoms with Crippen LogP contribution in [0.3, 0.4) is 0 Å². The molecule has 0 aliphatic heterocycles. The van der Waals surface area contributed by atoms with Gasteiger partial charge in [-0.05, 0) is 38.8 Å². The molecule has 0 spiro atoms. The van der Waals surface area contributed by atoms with Gasteiger partial charge in [-0.25, -0.2) is 0 Å². The lowest BCUT2D eigenvalue weighted by atomic mass is 9.88. The summed E-state index contributed by atoms with van der Waals surface area (Å²) in [4.78, 5) is 23.7. The number of ketones is 1. The Balaban J connectivity index is 2.76. The number of nitrogens with two attached hydrogens (primary N) is 1. The predicted octanol–water partition coefficient (Wildman–Crippen LogP) is 2.15. The van der Waals surface area contributed by atoms with E-state index in [-0.39, 0.29) is 17.6 Å². The Morgan fingerprint density at radius 2 is 1.95 bits per heavy atom. The van der Waals surface area contributed by atoms with Gasteiger partial charge in [-0.3, -0.25) is 9.59 Å². The highest BCUT2D eigenvalue weighted by molar-refractivity contribution is 5.94. The average molecular weight is 306 g/mol. The molecule has 122 valence electrons. The highest BCUT2D eigenvalue weighted by Crippen LogP contribution is 2.18. The summed E-state index contributed by atoms with van der Waals surface area (Å²) in [6.07, 6.45) is -0.674. The van der Waals surface area contributed by atoms with Gasteiger partial charge in [0.2, 0.25) is 0 Å². The Morgan fingerprint density at radius 3 is 2.45 bits per heavy atom. The maximum atomic E-state index is 12.3. The molecule has 22 heavy (non-hydrogen) atoms. The van der Waals surface area contributed by atoms with Crippen LogP contribution in [0.4, 0.5) is 0 Å². The summed E-state index contributed by atoms with van der Waals surface area (Å²) in [7, 11) is 0. The van der Waals surface area contributed by atoms with Crippen molar-refractivity contribution in [2.24, 2.45) is 11.7 Å². The van der Waals surface area contributed by atoms with Crippen molar-refractivity contribution in [3.63, 3.8) is 0 Å². The van der Waals surface area contributed by atoms with Gasteiger partial charge >= 0.3 is 0 Å². The lowest BCUT2D eigenvalue weighted by Gasteiger charge is -2.34. The lowest BCUT2D eigenvalue weighted by Crippen LogP contribution is -2.57. The Morgan fingerprint density at radius 1 is 1.32 bits per heavy atom. The van der Waals surface area contributed by atoms with Crippen molar-refractivity contribution in [3.8, 4) is 5.75 Å². The summed E-state index contributed by atoms with van der Waals surface area (Å²) in [6.45, 7) is 9.45. The van der Waals surface area contributed by atoms with E-state index >= 15 is 0 Å². The topological polar surface area (TPSA) is 81.4 Å². The van der Waals surface area contributed by atoms with Gasteiger partial charge in [-0.1, -0.05) is 26.0 Å². The molecular formula is C17H26N2O3. The summed E-state index contributed by atoms with van der Waals surface area (Å²) in [5.74, 6) is 0.428. The monoisotopic (exact) mass is 306 g/mol. The standard InChI is InChI=1S/C17H26N2O3/c1-11(2)17(5,10-18)19-16(21)13(4)22-15-8-6-7-14(9-15)12(3)20/h6-9,11,13H,10,18H2,1-5H3,(H,19,21). The highest BCUT2D eigenvalue weighted by Gasteiger charge is 2.30. The van der Waals surface area contributed by atoms with Gasteiger partial charge in [0, 0.05) is 12.1 Å². The fourth-order valence-corrected chi connectivity index (χ4v) is 1.86. The summed E-state index contributed by atoms with van der Waals surface area (Å²) in [5, 5.41) is 2.94. The highest BCUT2D eigenvalue weighted by atomic mass is 16.5. The third-order valence-electron chi connectivity index (χ3n) is 4.03. The third-order valence-corrected chi connectivity index (χ3v) is 4.03. The van der Waals surface area contributed by atoms with Crippen LogP contribution in [0.2, 0.25) is 0 Å². The third kappa shape index (κ3) is 4.56. The van der Waals surface area contributed by atoms with Gasteiger partial charge in [0.05, 0.1) is 5.54 Å². The smallest absolute Gasteiger partial charge is 0.261 e. The quantitative estimate of drug-likeness (QED) is 0.756. The molecular weight excluding hydrogens is 280 g/mol. The van der Waals surface area contributed by atoms with Gasteiger partial charge < -0.3 is 15.8 Å². The van der Waals surface area contributed by atoms with Crippen molar-refractivity contribution in [1.29, 1.82) is 0 Å². The second-order valence-electron chi connectivity index (χ2n) is 6.11. The molecule has 2 unspecified atom stereocenters. The van der Waals surface area contributed by atoms with Crippen molar-refractivity contribution < 1.29 is 14.3 Å². The Kier molecular flexibility index (Phi) is 6.11. The maximum absolute atomic E-state index is 12.3. The van der Waals surface area contributed by atoms with E-state index in [2.05, 4.69) is 5.32 Å². The molecule has 2 atom stereocenters. The molecule has 1 rings (SSSR count). The van der Waals surface area contributed by atoms with Crippen LogP contribution in [0.15, 0.2) is 24.3 Å². The molecule has 5 heteroatoms. The normalized spacial score (nSPS) is 15.0. The van der Waals surface area contributed by atoms with Crippen LogP contribution in [0.25, 0.3) is 0 Å². The number of carbonyl (C=O) groups excluding carboxylic acids is 2. The summed E-state index contributed by atoms with van der Waals surface area (Å²) in [6, 6.07) is 6.80. The molecule has 1 aromatic carbocycles. The first kappa shape index (κ1) is 18.2. The van der Waals surface area contributed by atoms with Crippen molar-refractivity contribution in [1.82, 2.24) is 5.32 Å². The van der Waals surface area contributed by atoms with Crippen LogP contribution in [0.5, 0.6) is 5.75 Å². The number of Topliss-reactive ketones (excluding diaryl/α,β-unsaturated/α-hetero) is 1. The van der Waals surface area contributed by atoms with E-state index in [0.717, 1.165) is 0 Å². The molecule has 0 bridgehead atoms. The van der Waals surface area contributed by atoms with E-state index in [9.17, 15) is 9.59 Å². The number of hydrogen-bond donors (Lipinski definition) is 2. The second-order valence-corrected chi connectivity index (χ2v) is 6.11. The van der Waals surface area contributed by atoms with Crippen LogP contribution in [-0.4, -0.2) is 29.9 Å². The van der Waals surface area contributed by atoms with Crippen molar-refractivity contribution >= 4 is 11.7 Å². The molecule has 0 saturated carbocycles. The molecule has 0 aliphatic carbocycles. The lowest BCUT2D eigenvalue weighted by molar-refractivity contribution is -0.129. The molecule has 1 amide bonds. The molecule has 0 radical (unpaired) electrons. The van der Waals surface area contributed by atoms with Crippen LogP contribution < -0.4 is 15.8 Å². The Hall–Kier alpha value is -1.88. The zero-order chi connectivity index (χ0) is 16.9. The second kappa shape index (κ2) is 7.40. The molecule has 1 aromatic rings. The molecule has 0 heterocycles. The van der Waals surface area contributed by atoms with Crippen LogP contribution in [0, 0.1) is 5.92 Å². The number of benzene rings is 1. The number of amides is 1. The number of nitrogens with one attached hydrogen (secondary N) is 1. The van der Waals surface area contributed by atoms with Gasteiger partial charge in [-0.15, -0.1) is 0 Å². The number of hydrogen-bond acceptors (Lipinski definition) is 4. The van der Waals surface area contributed by atoms with E-state index in [1.165, 1.54) is 6.92 Å². The first-order valence-corrected chi connectivity index (χ1v) is 7.49. The zero-order valence-electron chi connectivity index (χ0n) is 14.0. The van der Waals surface area contributed by atoms with E-state index in [4.69, 9.17) is 10.5 Å². The van der Waals surface area contributed by atoms with Crippen LogP contribution in [-0.2, 0) is 4.79 Å². The van der Waals surface area contributed by atoms with Crippen molar-refractivity contribution in [2.75, 3.05) is 6.54 Å². The fraction of sp³-hybridized carbons (Fsp3) is 0.529. The van der Waals surface area contributed by atoms with Gasteiger partial charge in [-0.2, -0.15) is 0 Å². The van der Waals surface area contributed by atoms with Crippen molar-refractivity contribution in [3.05, 3.63) is 29.8 Å². The molecule has 0 fully saturated rings. The first-order valence-electron chi connectivity index (χ1n) is 7.49. The minimum Gasteiger partial charge on any atom is -0.481 e.